The summed E-state index contributed by atoms with van der Waals surface area (Å²) in [6.07, 6.45) is -3.41. The topological polar surface area (TPSA) is 64.3 Å². The van der Waals surface area contributed by atoms with Crippen LogP contribution in [0.15, 0.2) is 48.5 Å². The molecule has 32 heavy (non-hydrogen) atoms. The van der Waals surface area contributed by atoms with Crippen LogP contribution in [0.25, 0.3) is 6.08 Å². The van der Waals surface area contributed by atoms with Crippen LogP contribution in [0.3, 0.4) is 0 Å². The number of hydrogen-bond acceptors (Lipinski definition) is 4. The van der Waals surface area contributed by atoms with Crippen LogP contribution in [-0.2, 0) is 6.54 Å². The number of benzene rings is 2. The lowest BCUT2D eigenvalue weighted by atomic mass is 10.1. The summed E-state index contributed by atoms with van der Waals surface area (Å²) in [4.78, 5) is 12.3. The van der Waals surface area contributed by atoms with Crippen molar-refractivity contribution in [2.75, 3.05) is 7.11 Å². The molecule has 0 saturated carbocycles. The Morgan fingerprint density at radius 1 is 1.16 bits per heavy atom. The zero-order valence-corrected chi connectivity index (χ0v) is 17.4. The summed E-state index contributed by atoms with van der Waals surface area (Å²) in [5.74, 6) is 0.0300. The van der Waals surface area contributed by atoms with E-state index in [0.29, 0.717) is 22.4 Å². The molecule has 3 aromatic rings. The van der Waals surface area contributed by atoms with Crippen molar-refractivity contribution in [3.8, 4) is 11.5 Å². The fourth-order valence-electron chi connectivity index (χ4n) is 3.02. The van der Waals surface area contributed by atoms with Crippen molar-refractivity contribution in [1.29, 1.82) is 0 Å². The van der Waals surface area contributed by atoms with E-state index in [9.17, 15) is 27.5 Å². The second-order valence-electron chi connectivity index (χ2n) is 6.66. The van der Waals surface area contributed by atoms with Gasteiger partial charge >= 0.3 is 0 Å². The van der Waals surface area contributed by atoms with E-state index in [0.717, 1.165) is 4.68 Å². The zero-order valence-electron chi connectivity index (χ0n) is 16.6. The van der Waals surface area contributed by atoms with Crippen LogP contribution in [0, 0.1) is 0 Å². The number of carbonyl (C=O) groups excluding carboxylic acids is 1. The van der Waals surface area contributed by atoms with Gasteiger partial charge in [-0.15, -0.1) is 0 Å². The van der Waals surface area contributed by atoms with Gasteiger partial charge in [0.2, 0.25) is 0 Å². The molecule has 0 unspecified atom stereocenters. The number of phenols is 1. The summed E-state index contributed by atoms with van der Waals surface area (Å²) in [5, 5.41) is 12.1. The van der Waals surface area contributed by atoms with Gasteiger partial charge in [-0.3, -0.25) is 9.48 Å². The number of alkyl halides is 4. The van der Waals surface area contributed by atoms with Gasteiger partial charge in [0.15, 0.2) is 5.78 Å². The van der Waals surface area contributed by atoms with E-state index >= 15 is 0 Å². The van der Waals surface area contributed by atoms with Crippen molar-refractivity contribution in [3.05, 3.63) is 81.6 Å². The molecular weight excluding hydrogens is 452 g/mol. The average molecular weight is 469 g/mol. The summed E-state index contributed by atoms with van der Waals surface area (Å²) in [6, 6.07) is 10.5. The Kier molecular flexibility index (Phi) is 7.19. The number of aromatic hydroxyl groups is 1. The smallest absolute Gasteiger partial charge is 0.283 e. The minimum absolute atomic E-state index is 0.0298. The van der Waals surface area contributed by atoms with Gasteiger partial charge in [0.1, 0.15) is 22.9 Å². The molecule has 5 nitrogen and oxygen atoms in total. The summed E-state index contributed by atoms with van der Waals surface area (Å²) >= 11 is 5.70. The van der Waals surface area contributed by atoms with Crippen LogP contribution in [0.5, 0.6) is 11.5 Å². The van der Waals surface area contributed by atoms with Gasteiger partial charge in [-0.05, 0) is 48.0 Å². The fraction of sp³-hybridized carbons (Fsp3) is 0.182. The van der Waals surface area contributed by atoms with E-state index in [-0.39, 0.29) is 18.1 Å². The fourth-order valence-corrected chi connectivity index (χ4v) is 3.32. The highest BCUT2D eigenvalue weighted by atomic mass is 35.5. The van der Waals surface area contributed by atoms with Crippen molar-refractivity contribution >= 4 is 23.5 Å². The monoisotopic (exact) mass is 468 g/mol. The Bertz CT molecular complexity index is 1140. The molecule has 0 aliphatic heterocycles. The molecule has 1 aromatic heterocycles. The standard InChI is InChI=1S/C22H17ClF4N2O3/c1-32-17-9-3-12(2-8-16(31)13-4-6-15(30)7-5-13)10-14(17)11-29-20(22(26)27)18(23)19(28-29)21(24)25/h2-10,21-22,30H,11H2,1H3. The number of ether oxygens (including phenoxy) is 1. The summed E-state index contributed by atoms with van der Waals surface area (Å²) in [7, 11) is 1.37. The highest BCUT2D eigenvalue weighted by molar-refractivity contribution is 6.32. The number of halogens is 5. The third kappa shape index (κ3) is 5.11. The summed E-state index contributed by atoms with van der Waals surface area (Å²) in [6.45, 7) is -0.303. The van der Waals surface area contributed by atoms with Gasteiger partial charge in [-0.1, -0.05) is 23.7 Å². The van der Waals surface area contributed by atoms with Crippen molar-refractivity contribution in [2.24, 2.45) is 0 Å². The van der Waals surface area contributed by atoms with E-state index in [1.165, 1.54) is 43.5 Å². The van der Waals surface area contributed by atoms with Crippen molar-refractivity contribution in [2.45, 2.75) is 19.4 Å². The second-order valence-corrected chi connectivity index (χ2v) is 7.04. The number of carbonyl (C=O) groups is 1. The Morgan fingerprint density at radius 2 is 1.84 bits per heavy atom. The lowest BCUT2D eigenvalue weighted by Gasteiger charge is -2.12. The number of methoxy groups -OCH3 is 1. The van der Waals surface area contributed by atoms with E-state index in [2.05, 4.69) is 5.10 Å². The first-order valence-corrected chi connectivity index (χ1v) is 9.59. The molecule has 0 saturated heterocycles. The molecule has 0 aliphatic rings. The van der Waals surface area contributed by atoms with Crippen molar-refractivity contribution < 1.29 is 32.2 Å². The first-order valence-electron chi connectivity index (χ1n) is 9.22. The Morgan fingerprint density at radius 3 is 2.44 bits per heavy atom. The number of nitrogens with zero attached hydrogens (tertiary/aromatic N) is 2. The molecule has 0 amide bonds. The molecule has 0 atom stereocenters. The highest BCUT2D eigenvalue weighted by Gasteiger charge is 2.28. The van der Waals surface area contributed by atoms with E-state index in [1.54, 1.807) is 18.2 Å². The maximum Gasteiger partial charge on any atom is 0.283 e. The number of rotatable bonds is 8. The quantitative estimate of drug-likeness (QED) is 0.247. The number of ketones is 1. The van der Waals surface area contributed by atoms with Crippen molar-refractivity contribution in [3.63, 3.8) is 0 Å². The highest BCUT2D eigenvalue weighted by Crippen LogP contribution is 2.35. The lowest BCUT2D eigenvalue weighted by Crippen LogP contribution is -2.08. The predicted molar refractivity (Wildman–Crippen MR) is 111 cm³/mol. The third-order valence-electron chi connectivity index (χ3n) is 4.57. The molecule has 0 bridgehead atoms. The van der Waals surface area contributed by atoms with Gasteiger partial charge in [0.25, 0.3) is 12.9 Å². The number of allylic oxidation sites excluding steroid dienone is 1. The van der Waals surface area contributed by atoms with Crippen LogP contribution in [-0.4, -0.2) is 27.8 Å². The minimum Gasteiger partial charge on any atom is -0.508 e. The van der Waals surface area contributed by atoms with Gasteiger partial charge in [-0.2, -0.15) is 5.10 Å². The lowest BCUT2D eigenvalue weighted by molar-refractivity contribution is 0.104. The molecule has 1 N–H and O–H groups in total. The van der Waals surface area contributed by atoms with E-state index in [1.807, 2.05) is 0 Å². The molecule has 0 radical (unpaired) electrons. The van der Waals surface area contributed by atoms with Gasteiger partial charge < -0.3 is 9.84 Å². The van der Waals surface area contributed by atoms with E-state index in [4.69, 9.17) is 16.3 Å². The summed E-state index contributed by atoms with van der Waals surface area (Å²) in [5.41, 5.74) is -0.462. The first-order chi connectivity index (χ1) is 15.2. The third-order valence-corrected chi connectivity index (χ3v) is 4.96. The van der Waals surface area contributed by atoms with Crippen LogP contribution >= 0.6 is 11.6 Å². The van der Waals surface area contributed by atoms with Gasteiger partial charge in [-0.25, -0.2) is 17.6 Å². The Hall–Kier alpha value is -3.33. The normalized spacial score (nSPS) is 11.6. The second kappa shape index (κ2) is 9.86. The molecule has 2 aromatic carbocycles. The minimum atomic E-state index is -3.11. The molecule has 10 heteroatoms. The van der Waals surface area contributed by atoms with Crippen LogP contribution in [0.1, 0.15) is 45.7 Å². The average Bonchev–Trinajstić information content (AvgIpc) is 3.09. The number of hydrogen-bond donors (Lipinski definition) is 1. The first kappa shape index (κ1) is 23.3. The van der Waals surface area contributed by atoms with E-state index < -0.39 is 29.3 Å². The largest absolute Gasteiger partial charge is 0.508 e. The molecule has 168 valence electrons. The van der Waals surface area contributed by atoms with Gasteiger partial charge in [0.05, 0.1) is 18.7 Å². The van der Waals surface area contributed by atoms with Crippen molar-refractivity contribution in [1.82, 2.24) is 9.78 Å². The SMILES string of the molecule is COc1ccc(C=CC(=O)c2ccc(O)cc2)cc1Cn1nc(C(F)F)c(Cl)c1C(F)F. The summed E-state index contributed by atoms with van der Waals surface area (Å²) < 4.78 is 59.0. The molecule has 0 spiro atoms. The van der Waals surface area contributed by atoms with Crippen LogP contribution < -0.4 is 4.74 Å². The number of aromatic nitrogens is 2. The molecule has 0 aliphatic carbocycles. The molecule has 1 heterocycles. The Balaban J connectivity index is 1.91. The predicted octanol–water partition coefficient (Wildman–Crippen LogP) is 6.07. The zero-order chi connectivity index (χ0) is 23.4. The number of phenolic OH excluding ortho intramolecular Hbond substituents is 1. The molecule has 0 fully saturated rings. The Labute approximate surface area is 185 Å². The van der Waals surface area contributed by atoms with Crippen LogP contribution in [0.4, 0.5) is 17.6 Å². The van der Waals surface area contributed by atoms with Gasteiger partial charge in [0, 0.05) is 11.1 Å². The molecule has 3 rings (SSSR count). The maximum absolute atomic E-state index is 13.4. The maximum atomic E-state index is 13.4. The van der Waals surface area contributed by atoms with Crippen LogP contribution in [0.2, 0.25) is 5.02 Å². The molecular formula is C22H17ClF4N2O3.